The molecule has 168 valence electrons. The van der Waals surface area contributed by atoms with E-state index >= 15 is 0 Å². The average molecular weight is 444 g/mol. The molecule has 33 heavy (non-hydrogen) atoms. The summed E-state index contributed by atoms with van der Waals surface area (Å²) in [6.45, 7) is 0.817. The van der Waals surface area contributed by atoms with Crippen molar-refractivity contribution in [1.29, 1.82) is 0 Å². The molecule has 1 aliphatic rings. The van der Waals surface area contributed by atoms with Crippen molar-refractivity contribution in [2.45, 2.75) is 13.0 Å². The van der Waals surface area contributed by atoms with Crippen LogP contribution in [0.2, 0.25) is 0 Å². The van der Waals surface area contributed by atoms with Crippen molar-refractivity contribution in [1.82, 2.24) is 5.43 Å². The van der Waals surface area contributed by atoms with Crippen LogP contribution in [0, 0.1) is 5.92 Å². The summed E-state index contributed by atoms with van der Waals surface area (Å²) in [6.07, 6.45) is 1.72. The molecule has 1 fully saturated rings. The highest BCUT2D eigenvalue weighted by atomic mass is 16.5. The summed E-state index contributed by atoms with van der Waals surface area (Å²) in [5, 5.41) is 4.04. The molecule has 1 heterocycles. The average Bonchev–Trinajstić information content (AvgIpc) is 3.26. The van der Waals surface area contributed by atoms with Crippen LogP contribution < -0.4 is 19.8 Å². The molecule has 3 aromatic carbocycles. The van der Waals surface area contributed by atoms with Crippen molar-refractivity contribution >= 4 is 23.7 Å². The Hall–Kier alpha value is -4.13. The van der Waals surface area contributed by atoms with E-state index in [0.717, 1.165) is 22.6 Å². The van der Waals surface area contributed by atoms with E-state index in [4.69, 9.17) is 9.47 Å². The number of rotatable bonds is 8. The first-order chi connectivity index (χ1) is 16.1. The Labute approximate surface area is 192 Å². The molecule has 0 unspecified atom stereocenters. The van der Waals surface area contributed by atoms with Gasteiger partial charge < -0.3 is 14.4 Å². The van der Waals surface area contributed by atoms with Crippen molar-refractivity contribution < 1.29 is 19.1 Å². The minimum absolute atomic E-state index is 0.0876. The zero-order valence-electron chi connectivity index (χ0n) is 18.3. The lowest BCUT2D eigenvalue weighted by atomic mass is 10.1. The van der Waals surface area contributed by atoms with Crippen molar-refractivity contribution in [3.05, 3.63) is 90.0 Å². The van der Waals surface area contributed by atoms with Crippen LogP contribution in [0.4, 0.5) is 5.69 Å². The molecule has 2 amide bonds. The lowest BCUT2D eigenvalue weighted by Crippen LogP contribution is -2.30. The molecule has 0 aliphatic carbocycles. The van der Waals surface area contributed by atoms with Gasteiger partial charge in [-0.25, -0.2) is 5.43 Å². The summed E-state index contributed by atoms with van der Waals surface area (Å²) in [5.74, 6) is 0.646. The van der Waals surface area contributed by atoms with Crippen LogP contribution in [-0.2, 0) is 16.2 Å². The zero-order valence-corrected chi connectivity index (χ0v) is 18.3. The van der Waals surface area contributed by atoms with Gasteiger partial charge in [0.25, 0.3) is 0 Å². The summed E-state index contributed by atoms with van der Waals surface area (Å²) < 4.78 is 10.9. The van der Waals surface area contributed by atoms with E-state index in [2.05, 4.69) is 10.5 Å². The molecule has 3 aromatic rings. The number of nitrogens with one attached hydrogen (secondary N) is 1. The van der Waals surface area contributed by atoms with Crippen molar-refractivity contribution in [2.24, 2.45) is 11.0 Å². The number of methoxy groups -OCH3 is 1. The van der Waals surface area contributed by atoms with Crippen LogP contribution in [-0.4, -0.2) is 31.7 Å². The van der Waals surface area contributed by atoms with Crippen LogP contribution in [0.3, 0.4) is 0 Å². The molecular weight excluding hydrogens is 418 g/mol. The van der Waals surface area contributed by atoms with Gasteiger partial charge in [-0.15, -0.1) is 0 Å². The molecule has 1 aliphatic heterocycles. The predicted molar refractivity (Wildman–Crippen MR) is 126 cm³/mol. The number of amides is 2. The van der Waals surface area contributed by atoms with Gasteiger partial charge >= 0.3 is 0 Å². The molecule has 0 saturated carbocycles. The number of nitrogens with zero attached hydrogens (tertiary/aromatic N) is 2. The number of hydrogen-bond donors (Lipinski definition) is 1. The van der Waals surface area contributed by atoms with Crippen molar-refractivity contribution in [3.8, 4) is 11.5 Å². The van der Waals surface area contributed by atoms with Gasteiger partial charge in [-0.2, -0.15) is 5.10 Å². The van der Waals surface area contributed by atoms with E-state index in [9.17, 15) is 9.59 Å². The molecule has 1 N–H and O–H groups in total. The number of benzene rings is 3. The van der Waals surface area contributed by atoms with Crippen LogP contribution in [0.25, 0.3) is 0 Å². The summed E-state index contributed by atoms with van der Waals surface area (Å²) in [6, 6.07) is 24.6. The molecule has 0 aromatic heterocycles. The number of carbonyl (C=O) groups is 2. The highest BCUT2D eigenvalue weighted by Gasteiger charge is 2.35. The Morgan fingerprint density at radius 3 is 2.42 bits per heavy atom. The second-order valence-electron chi connectivity index (χ2n) is 7.68. The third kappa shape index (κ3) is 5.77. The van der Waals surface area contributed by atoms with E-state index in [1.807, 2.05) is 66.7 Å². The molecule has 0 radical (unpaired) electrons. The highest BCUT2D eigenvalue weighted by Crippen LogP contribution is 2.27. The number of hydrazone groups is 1. The maximum Gasteiger partial charge on any atom is 0.245 e. The van der Waals surface area contributed by atoms with Gasteiger partial charge in [0.05, 0.1) is 19.2 Å². The van der Waals surface area contributed by atoms with Gasteiger partial charge in [0.1, 0.15) is 18.1 Å². The molecule has 0 bridgehead atoms. The van der Waals surface area contributed by atoms with E-state index in [-0.39, 0.29) is 18.2 Å². The maximum atomic E-state index is 12.5. The first kappa shape index (κ1) is 22.1. The van der Waals surface area contributed by atoms with E-state index in [0.29, 0.717) is 18.9 Å². The third-order valence-electron chi connectivity index (χ3n) is 5.40. The lowest BCUT2D eigenvalue weighted by Gasteiger charge is -2.16. The standard InChI is InChI=1S/C26H25N3O4/c1-32-23-13-9-22(10-14-23)29-17-21(15-25(29)30)26(31)28-27-16-19-7-11-24(12-8-19)33-18-20-5-3-2-4-6-20/h2-14,16,21H,15,17-18H2,1H3,(H,28,31)/b27-16+/t21-/m1/s1. The Morgan fingerprint density at radius 1 is 1.03 bits per heavy atom. The molecule has 7 nitrogen and oxygen atoms in total. The van der Waals surface area contributed by atoms with E-state index in [1.165, 1.54) is 0 Å². The second kappa shape index (κ2) is 10.5. The van der Waals surface area contributed by atoms with Crippen molar-refractivity contribution in [3.63, 3.8) is 0 Å². The Bertz CT molecular complexity index is 1110. The first-order valence-corrected chi connectivity index (χ1v) is 10.7. The van der Waals surface area contributed by atoms with Gasteiger partial charge in [0.2, 0.25) is 11.8 Å². The maximum absolute atomic E-state index is 12.5. The highest BCUT2D eigenvalue weighted by molar-refractivity contribution is 6.00. The minimum atomic E-state index is -0.453. The fourth-order valence-corrected chi connectivity index (χ4v) is 3.55. The van der Waals surface area contributed by atoms with Crippen LogP contribution in [0.15, 0.2) is 84.0 Å². The predicted octanol–water partition coefficient (Wildman–Crippen LogP) is 3.78. The quantitative estimate of drug-likeness (QED) is 0.425. The molecule has 1 saturated heterocycles. The first-order valence-electron chi connectivity index (χ1n) is 10.7. The fourth-order valence-electron chi connectivity index (χ4n) is 3.55. The van der Waals surface area contributed by atoms with Gasteiger partial charge in [-0.3, -0.25) is 9.59 Å². The van der Waals surface area contributed by atoms with E-state index in [1.54, 1.807) is 30.4 Å². The van der Waals surface area contributed by atoms with Gasteiger partial charge in [-0.05, 0) is 59.7 Å². The summed E-state index contributed by atoms with van der Waals surface area (Å²) in [7, 11) is 1.59. The molecule has 0 spiro atoms. The lowest BCUT2D eigenvalue weighted by molar-refractivity contribution is -0.126. The third-order valence-corrected chi connectivity index (χ3v) is 5.40. The monoisotopic (exact) mass is 443 g/mol. The normalized spacial score (nSPS) is 15.6. The minimum Gasteiger partial charge on any atom is -0.497 e. The summed E-state index contributed by atoms with van der Waals surface area (Å²) >= 11 is 0. The number of ether oxygens (including phenoxy) is 2. The SMILES string of the molecule is COc1ccc(N2C[C@H](C(=O)N/N=C/c3ccc(OCc4ccccc4)cc3)CC2=O)cc1. The molecule has 7 heteroatoms. The summed E-state index contributed by atoms with van der Waals surface area (Å²) in [4.78, 5) is 26.5. The molecule has 4 rings (SSSR count). The van der Waals surface area contributed by atoms with Crippen LogP contribution in [0.5, 0.6) is 11.5 Å². The molecule has 1 atom stereocenters. The second-order valence-corrected chi connectivity index (χ2v) is 7.68. The number of carbonyl (C=O) groups excluding carboxylic acids is 2. The Balaban J connectivity index is 1.26. The van der Waals surface area contributed by atoms with Crippen molar-refractivity contribution in [2.75, 3.05) is 18.6 Å². The number of anilines is 1. The Kier molecular flexibility index (Phi) is 6.99. The van der Waals surface area contributed by atoms with E-state index < -0.39 is 5.92 Å². The van der Waals surface area contributed by atoms with Crippen LogP contribution in [0.1, 0.15) is 17.5 Å². The van der Waals surface area contributed by atoms with Gasteiger partial charge in [0.15, 0.2) is 0 Å². The zero-order chi connectivity index (χ0) is 23.0. The number of hydrogen-bond acceptors (Lipinski definition) is 5. The summed E-state index contributed by atoms with van der Waals surface area (Å²) in [5.41, 5.74) is 5.21. The fraction of sp³-hybridized carbons (Fsp3) is 0.192. The largest absolute Gasteiger partial charge is 0.497 e. The topological polar surface area (TPSA) is 80.2 Å². The Morgan fingerprint density at radius 2 is 1.73 bits per heavy atom. The smallest absolute Gasteiger partial charge is 0.245 e. The van der Waals surface area contributed by atoms with Gasteiger partial charge in [-0.1, -0.05) is 30.3 Å². The van der Waals surface area contributed by atoms with Gasteiger partial charge in [0, 0.05) is 18.7 Å². The molecular formula is C26H25N3O4. The van der Waals surface area contributed by atoms with Crippen LogP contribution >= 0.6 is 0 Å².